The van der Waals surface area contributed by atoms with Crippen LogP contribution in [0, 0.1) is 13.8 Å². The molecular weight excluding hydrogens is 483 g/mol. The molecule has 1 atom stereocenters. The van der Waals surface area contributed by atoms with Gasteiger partial charge in [-0.15, -0.1) is 0 Å². The monoisotopic (exact) mass is 507 g/mol. The van der Waals surface area contributed by atoms with Gasteiger partial charge in [0.05, 0.1) is 23.7 Å². The van der Waals surface area contributed by atoms with Gasteiger partial charge in [-0.1, -0.05) is 59.8 Å². The van der Waals surface area contributed by atoms with Crippen molar-refractivity contribution in [3.63, 3.8) is 0 Å². The lowest BCUT2D eigenvalue weighted by molar-refractivity contribution is -0.137. The van der Waals surface area contributed by atoms with Gasteiger partial charge < -0.3 is 0 Å². The molecule has 0 fully saturated rings. The lowest BCUT2D eigenvalue weighted by Gasteiger charge is -2.24. The zero-order chi connectivity index (χ0) is 25.3. The van der Waals surface area contributed by atoms with E-state index in [1.54, 1.807) is 12.3 Å². The number of aromatic nitrogens is 1. The van der Waals surface area contributed by atoms with Crippen molar-refractivity contribution in [2.45, 2.75) is 42.3 Å². The molecule has 0 saturated carbocycles. The molecule has 0 unspecified atom stereocenters. The van der Waals surface area contributed by atoms with Gasteiger partial charge in [0.15, 0.2) is 5.84 Å². The van der Waals surface area contributed by atoms with E-state index in [1.165, 1.54) is 34.5 Å². The number of alkyl halides is 3. The topological polar surface area (TPSA) is 46.5 Å². The van der Waals surface area contributed by atoms with Crippen LogP contribution in [0.25, 0.3) is 10.9 Å². The number of aliphatic imine (C=N–C) groups is 1. The highest BCUT2D eigenvalue weighted by Crippen LogP contribution is 2.37. The molecule has 0 bridgehead atoms. The largest absolute Gasteiger partial charge is 0.416 e. The standard InChI is InChI=1S/C28H24F3N3OS/c1-17-10-11-19(18(2)12-17)13-21-16-35-34-27(33-21)26-23-8-3-4-9-24(23)32-15-25(26)36-22-7-5-6-20(14-22)28(29,30)31/h3-12,14-15,21H,13,16H2,1-2H3,(H,33,34)/t21-/m0/s1. The third kappa shape index (κ3) is 5.24. The van der Waals surface area contributed by atoms with Crippen LogP contribution in [-0.2, 0) is 17.4 Å². The van der Waals surface area contributed by atoms with Crippen LogP contribution in [-0.4, -0.2) is 23.5 Å². The Bertz CT molecular complexity index is 1450. The summed E-state index contributed by atoms with van der Waals surface area (Å²) < 4.78 is 39.9. The molecule has 1 N–H and O–H groups in total. The zero-order valence-corrected chi connectivity index (χ0v) is 20.6. The lowest BCUT2D eigenvalue weighted by Crippen LogP contribution is -2.37. The molecule has 36 heavy (non-hydrogen) atoms. The number of nitrogens with one attached hydrogen (secondary N) is 1. The molecule has 0 aliphatic carbocycles. The SMILES string of the molecule is Cc1ccc(C[C@H]2CONC(c3c(Sc4cccc(C(F)(F)F)c4)cnc4ccccc34)=N2)c(C)c1. The maximum atomic E-state index is 13.3. The van der Waals surface area contributed by atoms with E-state index >= 15 is 0 Å². The molecule has 2 heterocycles. The average molecular weight is 508 g/mol. The number of pyridine rings is 1. The number of hydroxylamine groups is 1. The minimum absolute atomic E-state index is 0.110. The second-order valence-corrected chi connectivity index (χ2v) is 9.94. The Morgan fingerprint density at radius 1 is 1.03 bits per heavy atom. The smallest absolute Gasteiger partial charge is 0.272 e. The Hall–Kier alpha value is -3.36. The van der Waals surface area contributed by atoms with Crippen molar-refractivity contribution < 1.29 is 18.0 Å². The molecule has 5 rings (SSSR count). The Morgan fingerprint density at radius 2 is 1.86 bits per heavy atom. The minimum Gasteiger partial charge on any atom is -0.272 e. The highest BCUT2D eigenvalue weighted by molar-refractivity contribution is 7.99. The fourth-order valence-corrected chi connectivity index (χ4v) is 5.31. The van der Waals surface area contributed by atoms with E-state index in [4.69, 9.17) is 9.83 Å². The summed E-state index contributed by atoms with van der Waals surface area (Å²) in [7, 11) is 0. The van der Waals surface area contributed by atoms with Crippen molar-refractivity contribution in [3.05, 3.63) is 101 Å². The molecule has 1 aliphatic rings. The second-order valence-electron chi connectivity index (χ2n) is 8.82. The van der Waals surface area contributed by atoms with Crippen LogP contribution in [0.3, 0.4) is 0 Å². The third-order valence-electron chi connectivity index (χ3n) is 6.08. The number of fused-ring (bicyclic) bond motifs is 1. The predicted octanol–water partition coefficient (Wildman–Crippen LogP) is 6.91. The van der Waals surface area contributed by atoms with Crippen molar-refractivity contribution in [1.29, 1.82) is 0 Å². The first-order chi connectivity index (χ1) is 17.3. The quantitative estimate of drug-likeness (QED) is 0.319. The number of para-hydroxylation sites is 1. The van der Waals surface area contributed by atoms with Crippen LogP contribution in [0.4, 0.5) is 13.2 Å². The van der Waals surface area contributed by atoms with Gasteiger partial charge in [-0.05, 0) is 55.7 Å². The van der Waals surface area contributed by atoms with Gasteiger partial charge >= 0.3 is 6.18 Å². The normalized spacial score (nSPS) is 16.0. The summed E-state index contributed by atoms with van der Waals surface area (Å²) >= 11 is 1.22. The van der Waals surface area contributed by atoms with Gasteiger partial charge in [0.2, 0.25) is 0 Å². The second kappa shape index (κ2) is 9.95. The lowest BCUT2D eigenvalue weighted by atomic mass is 9.99. The molecule has 1 aromatic heterocycles. The summed E-state index contributed by atoms with van der Waals surface area (Å²) in [6, 6.07) is 19.2. The Morgan fingerprint density at radius 3 is 2.67 bits per heavy atom. The summed E-state index contributed by atoms with van der Waals surface area (Å²) in [5.41, 5.74) is 7.42. The highest BCUT2D eigenvalue weighted by Gasteiger charge is 2.30. The predicted molar refractivity (Wildman–Crippen MR) is 136 cm³/mol. The van der Waals surface area contributed by atoms with Crippen molar-refractivity contribution >= 4 is 28.5 Å². The molecule has 0 saturated heterocycles. The van der Waals surface area contributed by atoms with Crippen LogP contribution in [0.1, 0.15) is 27.8 Å². The van der Waals surface area contributed by atoms with E-state index in [0.717, 1.165) is 35.0 Å². The summed E-state index contributed by atoms with van der Waals surface area (Å²) in [4.78, 5) is 16.4. The Balaban J connectivity index is 1.54. The van der Waals surface area contributed by atoms with Gasteiger partial charge in [-0.25, -0.2) is 5.48 Å². The zero-order valence-electron chi connectivity index (χ0n) is 19.8. The fraction of sp³-hybridized carbons (Fsp3) is 0.214. The Labute approximate surface area is 211 Å². The molecule has 8 heteroatoms. The molecule has 4 nitrogen and oxygen atoms in total. The van der Waals surface area contributed by atoms with Crippen LogP contribution < -0.4 is 5.48 Å². The molecule has 184 valence electrons. The number of hydrogen-bond acceptors (Lipinski definition) is 5. The molecule has 4 aromatic rings. The van der Waals surface area contributed by atoms with Gasteiger partial charge in [0, 0.05) is 26.9 Å². The van der Waals surface area contributed by atoms with Crippen molar-refractivity contribution in [1.82, 2.24) is 10.5 Å². The number of aryl methyl sites for hydroxylation is 2. The van der Waals surface area contributed by atoms with Gasteiger partial charge in [-0.2, -0.15) is 13.2 Å². The van der Waals surface area contributed by atoms with E-state index in [0.29, 0.717) is 22.2 Å². The minimum atomic E-state index is -4.41. The van der Waals surface area contributed by atoms with Crippen LogP contribution in [0.15, 0.2) is 87.7 Å². The Kier molecular flexibility index (Phi) is 6.73. The highest BCUT2D eigenvalue weighted by atomic mass is 32.2. The number of hydrogen-bond donors (Lipinski definition) is 1. The molecule has 0 radical (unpaired) electrons. The number of nitrogens with zero attached hydrogens (tertiary/aromatic N) is 2. The van der Waals surface area contributed by atoms with Gasteiger partial charge in [0.25, 0.3) is 0 Å². The van der Waals surface area contributed by atoms with Gasteiger partial charge in [-0.3, -0.25) is 14.8 Å². The van der Waals surface area contributed by atoms with Crippen molar-refractivity contribution in [3.8, 4) is 0 Å². The molecule has 0 spiro atoms. The van der Waals surface area contributed by atoms with E-state index in [-0.39, 0.29) is 6.04 Å². The summed E-state index contributed by atoms with van der Waals surface area (Å²) in [6.07, 6.45) is -2.01. The molecule has 3 aromatic carbocycles. The maximum absolute atomic E-state index is 13.3. The number of halogens is 3. The fourth-order valence-electron chi connectivity index (χ4n) is 4.31. The van der Waals surface area contributed by atoms with Crippen LogP contribution in [0.5, 0.6) is 0 Å². The van der Waals surface area contributed by atoms with E-state index in [1.807, 2.05) is 24.3 Å². The van der Waals surface area contributed by atoms with Gasteiger partial charge in [0.1, 0.15) is 0 Å². The number of amidine groups is 1. The molecule has 0 amide bonds. The van der Waals surface area contributed by atoms with E-state index in [9.17, 15) is 13.2 Å². The third-order valence-corrected chi connectivity index (χ3v) is 7.10. The molecule has 1 aliphatic heterocycles. The maximum Gasteiger partial charge on any atom is 0.416 e. The molecular formula is C28H24F3N3OS. The summed E-state index contributed by atoms with van der Waals surface area (Å²) in [6.45, 7) is 4.57. The first-order valence-electron chi connectivity index (χ1n) is 11.5. The van der Waals surface area contributed by atoms with E-state index < -0.39 is 11.7 Å². The number of rotatable bonds is 5. The first-order valence-corrected chi connectivity index (χ1v) is 12.3. The summed E-state index contributed by atoms with van der Waals surface area (Å²) in [5, 5.41) is 0.844. The summed E-state index contributed by atoms with van der Waals surface area (Å²) in [5.74, 6) is 0.545. The van der Waals surface area contributed by atoms with Crippen molar-refractivity contribution in [2.24, 2.45) is 4.99 Å². The van der Waals surface area contributed by atoms with Crippen LogP contribution in [0.2, 0.25) is 0 Å². The number of benzene rings is 3. The average Bonchev–Trinajstić information content (AvgIpc) is 2.85. The van der Waals surface area contributed by atoms with Crippen molar-refractivity contribution in [2.75, 3.05) is 6.61 Å². The van der Waals surface area contributed by atoms with Crippen LogP contribution >= 0.6 is 11.8 Å². The first kappa shape index (κ1) is 24.3. The van der Waals surface area contributed by atoms with E-state index in [2.05, 4.69) is 42.5 Å².